The van der Waals surface area contributed by atoms with E-state index < -0.39 is 35.3 Å². The van der Waals surface area contributed by atoms with Crippen LogP contribution in [0.5, 0.6) is 0 Å². The van der Waals surface area contributed by atoms with Crippen LogP contribution in [0.25, 0.3) is 0 Å². The number of fused-ring (bicyclic) bond motifs is 1. The van der Waals surface area contributed by atoms with Gasteiger partial charge in [0.05, 0.1) is 6.20 Å². The molecule has 0 N–H and O–H groups in total. The number of anilines is 2. The minimum absolute atomic E-state index is 0.0526. The molecule has 0 aromatic carbocycles. The highest BCUT2D eigenvalue weighted by atomic mass is 79.9. The first-order valence-electron chi connectivity index (χ1n) is 11.4. The SMILES string of the molecule is CC(C)(C)OC(=O)N1C(=O)[C@@H](CC2CCCCC2)N(C(=O)OC(C)(C)C)c2nc(Br)cnc21. The van der Waals surface area contributed by atoms with E-state index >= 15 is 0 Å². The van der Waals surface area contributed by atoms with Gasteiger partial charge in [-0.05, 0) is 69.8 Å². The van der Waals surface area contributed by atoms with Crippen LogP contribution >= 0.6 is 15.9 Å². The van der Waals surface area contributed by atoms with E-state index in [-0.39, 0.29) is 17.6 Å². The van der Waals surface area contributed by atoms with E-state index in [9.17, 15) is 14.4 Å². The maximum atomic E-state index is 13.8. The fourth-order valence-corrected chi connectivity index (χ4v) is 4.41. The second-order valence-electron chi connectivity index (χ2n) is 10.6. The van der Waals surface area contributed by atoms with E-state index in [4.69, 9.17) is 9.47 Å². The van der Waals surface area contributed by atoms with Crippen LogP contribution in [0.1, 0.15) is 80.1 Å². The van der Waals surface area contributed by atoms with Gasteiger partial charge in [0.15, 0.2) is 11.6 Å². The van der Waals surface area contributed by atoms with E-state index in [1.165, 1.54) is 11.1 Å². The predicted octanol–water partition coefficient (Wildman–Crippen LogP) is 5.60. The highest BCUT2D eigenvalue weighted by Gasteiger charge is 2.49. The first-order chi connectivity index (χ1) is 15.3. The summed E-state index contributed by atoms with van der Waals surface area (Å²) < 4.78 is 11.5. The molecule has 0 saturated heterocycles. The van der Waals surface area contributed by atoms with Crippen molar-refractivity contribution < 1.29 is 23.9 Å². The molecule has 0 radical (unpaired) electrons. The zero-order valence-corrected chi connectivity index (χ0v) is 21.8. The molecule has 0 bridgehead atoms. The number of ether oxygens (including phenoxy) is 2. The zero-order valence-electron chi connectivity index (χ0n) is 20.2. The quantitative estimate of drug-likeness (QED) is 0.495. The topological polar surface area (TPSA) is 102 Å². The molecule has 2 heterocycles. The molecule has 1 fully saturated rings. The van der Waals surface area contributed by atoms with Gasteiger partial charge in [0, 0.05) is 0 Å². The number of nitrogens with zero attached hydrogens (tertiary/aromatic N) is 4. The lowest BCUT2D eigenvalue weighted by molar-refractivity contribution is -0.120. The van der Waals surface area contributed by atoms with Crippen LogP contribution < -0.4 is 9.80 Å². The molecule has 1 aromatic heterocycles. The van der Waals surface area contributed by atoms with Crippen molar-refractivity contribution >= 4 is 45.7 Å². The number of aromatic nitrogens is 2. The Morgan fingerprint density at radius 3 is 2.15 bits per heavy atom. The van der Waals surface area contributed by atoms with Gasteiger partial charge in [-0.3, -0.25) is 4.79 Å². The van der Waals surface area contributed by atoms with Crippen LogP contribution in [-0.2, 0) is 14.3 Å². The number of carbonyl (C=O) groups excluding carboxylic acids is 3. The standard InChI is InChI=1S/C23H33BrN4O5/c1-22(2,3)32-20(30)27-15(12-14-10-8-7-9-11-14)19(29)28(21(31)33-23(4,5)6)17-18(27)26-16(24)13-25-17/h13-15H,7-12H2,1-6H3/t15-/m1/s1. The first-order valence-corrected chi connectivity index (χ1v) is 12.2. The van der Waals surface area contributed by atoms with Crippen LogP contribution in [-0.4, -0.2) is 45.3 Å². The lowest BCUT2D eigenvalue weighted by Crippen LogP contribution is -2.59. The summed E-state index contributed by atoms with van der Waals surface area (Å²) in [5, 5.41) is 0. The summed E-state index contributed by atoms with van der Waals surface area (Å²) in [4.78, 5) is 51.0. The van der Waals surface area contributed by atoms with Crippen molar-refractivity contribution in [2.75, 3.05) is 9.80 Å². The fourth-order valence-electron chi connectivity index (χ4n) is 4.14. The highest BCUT2D eigenvalue weighted by Crippen LogP contribution is 2.39. The van der Waals surface area contributed by atoms with Crippen LogP contribution in [0, 0.1) is 5.92 Å². The van der Waals surface area contributed by atoms with Crippen molar-refractivity contribution in [3.63, 3.8) is 0 Å². The van der Waals surface area contributed by atoms with Crippen LogP contribution in [0.4, 0.5) is 21.2 Å². The molecule has 3 rings (SSSR count). The van der Waals surface area contributed by atoms with Gasteiger partial charge >= 0.3 is 12.2 Å². The second kappa shape index (κ2) is 9.56. The van der Waals surface area contributed by atoms with Crippen molar-refractivity contribution in [2.24, 2.45) is 5.92 Å². The monoisotopic (exact) mass is 524 g/mol. The molecular formula is C23H33BrN4O5. The van der Waals surface area contributed by atoms with Gasteiger partial charge in [0.1, 0.15) is 21.8 Å². The molecule has 1 saturated carbocycles. The van der Waals surface area contributed by atoms with E-state index in [1.54, 1.807) is 41.5 Å². The van der Waals surface area contributed by atoms with E-state index in [2.05, 4.69) is 25.9 Å². The number of imide groups is 1. The van der Waals surface area contributed by atoms with E-state index in [0.29, 0.717) is 11.0 Å². The third-order valence-corrected chi connectivity index (χ3v) is 5.79. The summed E-state index contributed by atoms with van der Waals surface area (Å²) >= 11 is 3.30. The summed E-state index contributed by atoms with van der Waals surface area (Å²) in [5.74, 6) is -0.280. The second-order valence-corrected chi connectivity index (χ2v) is 11.4. The summed E-state index contributed by atoms with van der Waals surface area (Å²) in [7, 11) is 0. The largest absolute Gasteiger partial charge is 0.443 e. The molecule has 1 atom stereocenters. The van der Waals surface area contributed by atoms with Crippen molar-refractivity contribution in [1.82, 2.24) is 9.97 Å². The number of carbonyl (C=O) groups is 3. The smallest absolute Gasteiger partial charge is 0.423 e. The van der Waals surface area contributed by atoms with Crippen LogP contribution in [0.3, 0.4) is 0 Å². The normalized spacial score (nSPS) is 19.8. The van der Waals surface area contributed by atoms with E-state index in [1.807, 2.05) is 0 Å². The first kappa shape index (κ1) is 25.4. The molecule has 2 aliphatic rings. The maximum absolute atomic E-state index is 13.8. The summed E-state index contributed by atoms with van der Waals surface area (Å²) in [6.07, 6.45) is 5.49. The van der Waals surface area contributed by atoms with Crippen molar-refractivity contribution in [3.05, 3.63) is 10.8 Å². The lowest BCUT2D eigenvalue weighted by Gasteiger charge is -2.41. The van der Waals surface area contributed by atoms with Gasteiger partial charge in [-0.15, -0.1) is 0 Å². The van der Waals surface area contributed by atoms with Gasteiger partial charge in [-0.25, -0.2) is 24.5 Å². The number of hydrogen-bond acceptors (Lipinski definition) is 7. The zero-order chi connectivity index (χ0) is 24.6. The number of hydrogen-bond donors (Lipinski definition) is 0. The molecule has 182 valence electrons. The molecule has 33 heavy (non-hydrogen) atoms. The molecule has 3 amide bonds. The Morgan fingerprint density at radius 2 is 1.58 bits per heavy atom. The van der Waals surface area contributed by atoms with Gasteiger partial charge < -0.3 is 9.47 Å². The Balaban J connectivity index is 2.09. The minimum atomic E-state index is -0.952. The minimum Gasteiger partial charge on any atom is -0.443 e. The third kappa shape index (κ3) is 6.22. The number of halogens is 1. The fraction of sp³-hybridized carbons (Fsp3) is 0.696. The predicted molar refractivity (Wildman–Crippen MR) is 127 cm³/mol. The molecule has 1 aromatic rings. The summed E-state index contributed by atoms with van der Waals surface area (Å²) in [6, 6.07) is -0.952. The number of rotatable bonds is 2. The molecule has 1 aliphatic heterocycles. The lowest BCUT2D eigenvalue weighted by atomic mass is 9.84. The molecular weight excluding hydrogens is 492 g/mol. The van der Waals surface area contributed by atoms with E-state index in [0.717, 1.165) is 37.0 Å². The Hall–Kier alpha value is -2.23. The Labute approximate surface area is 203 Å². The van der Waals surface area contributed by atoms with Crippen molar-refractivity contribution in [2.45, 2.75) is 97.3 Å². The van der Waals surface area contributed by atoms with Crippen molar-refractivity contribution in [1.29, 1.82) is 0 Å². The third-order valence-electron chi connectivity index (χ3n) is 5.41. The van der Waals surface area contributed by atoms with Gasteiger partial charge in [-0.2, -0.15) is 4.90 Å². The van der Waals surface area contributed by atoms with Crippen LogP contribution in [0.2, 0.25) is 0 Å². The highest BCUT2D eigenvalue weighted by molar-refractivity contribution is 9.10. The molecule has 0 spiro atoms. The Morgan fingerprint density at radius 1 is 1.00 bits per heavy atom. The Bertz CT molecular complexity index is 918. The average molecular weight is 525 g/mol. The Kier molecular flexibility index (Phi) is 7.36. The van der Waals surface area contributed by atoms with Gasteiger partial charge in [-0.1, -0.05) is 32.1 Å². The van der Waals surface area contributed by atoms with Crippen molar-refractivity contribution in [3.8, 4) is 0 Å². The van der Waals surface area contributed by atoms with Crippen LogP contribution in [0.15, 0.2) is 10.8 Å². The maximum Gasteiger partial charge on any atom is 0.423 e. The average Bonchev–Trinajstić information content (AvgIpc) is 2.66. The molecule has 0 unspecified atom stereocenters. The molecule has 9 nitrogen and oxygen atoms in total. The molecule has 1 aliphatic carbocycles. The van der Waals surface area contributed by atoms with Gasteiger partial charge in [0.25, 0.3) is 5.91 Å². The number of amides is 3. The van der Waals surface area contributed by atoms with Gasteiger partial charge in [0.2, 0.25) is 0 Å². The molecule has 10 heteroatoms. The summed E-state index contributed by atoms with van der Waals surface area (Å²) in [6.45, 7) is 10.4. The summed E-state index contributed by atoms with van der Waals surface area (Å²) in [5.41, 5.74) is -1.60.